The summed E-state index contributed by atoms with van der Waals surface area (Å²) < 4.78 is 9.99. The molecule has 0 spiro atoms. The molecule has 26 heavy (non-hydrogen) atoms. The second-order valence-electron chi connectivity index (χ2n) is 6.03. The van der Waals surface area contributed by atoms with Gasteiger partial charge in [0.2, 0.25) is 0 Å². The van der Waals surface area contributed by atoms with E-state index >= 15 is 0 Å². The first-order valence-electron chi connectivity index (χ1n) is 8.34. The second-order valence-corrected chi connectivity index (χ2v) is 6.03. The molecular weight excluding hydrogens is 336 g/mol. The molecule has 2 rings (SSSR count). The van der Waals surface area contributed by atoms with E-state index in [1.54, 1.807) is 4.90 Å². The molecule has 0 saturated carbocycles. The fraction of sp³-hybridized carbons (Fsp3) is 0.368. The normalized spacial score (nSPS) is 16.3. The minimum absolute atomic E-state index is 0.0289. The number of aromatic hydroxyl groups is 1. The van der Waals surface area contributed by atoms with Crippen molar-refractivity contribution in [1.82, 2.24) is 4.90 Å². The van der Waals surface area contributed by atoms with Gasteiger partial charge in [0.05, 0.1) is 18.4 Å². The molecule has 1 aliphatic heterocycles. The minimum Gasteiger partial charge on any atom is -0.504 e. The zero-order valence-corrected chi connectivity index (χ0v) is 15.1. The third kappa shape index (κ3) is 4.17. The van der Waals surface area contributed by atoms with Crippen molar-refractivity contribution >= 4 is 17.7 Å². The Labute approximate surface area is 152 Å². The van der Waals surface area contributed by atoms with E-state index < -0.39 is 6.09 Å². The molecular formula is C19H24N2O5. The summed E-state index contributed by atoms with van der Waals surface area (Å²) in [7, 11) is 1.39. The molecule has 0 radical (unpaired) electrons. The van der Waals surface area contributed by atoms with Crippen LogP contribution in [0.5, 0.6) is 11.5 Å². The van der Waals surface area contributed by atoms with Crippen molar-refractivity contribution in [3.8, 4) is 11.5 Å². The SMILES string of the molecule is C=CCOC(=O)Nc1cc(O)c(OC)cc1C(=O)N1CC(=C)CC1CC. The molecule has 2 amide bonds. The monoisotopic (exact) mass is 360 g/mol. The molecule has 140 valence electrons. The fourth-order valence-corrected chi connectivity index (χ4v) is 2.93. The maximum atomic E-state index is 13.1. The zero-order chi connectivity index (χ0) is 19.3. The van der Waals surface area contributed by atoms with Gasteiger partial charge in [-0.2, -0.15) is 0 Å². The van der Waals surface area contributed by atoms with Crippen LogP contribution < -0.4 is 10.1 Å². The fourth-order valence-electron chi connectivity index (χ4n) is 2.93. The number of likely N-dealkylation sites (tertiary alicyclic amines) is 1. The zero-order valence-electron chi connectivity index (χ0n) is 15.1. The average molecular weight is 360 g/mol. The van der Waals surface area contributed by atoms with Crippen molar-refractivity contribution in [3.63, 3.8) is 0 Å². The minimum atomic E-state index is -0.749. The van der Waals surface area contributed by atoms with Crippen molar-refractivity contribution in [1.29, 1.82) is 0 Å². The first-order chi connectivity index (χ1) is 12.4. The van der Waals surface area contributed by atoms with E-state index in [-0.39, 0.29) is 41.3 Å². The number of nitrogens with one attached hydrogen (secondary N) is 1. The lowest BCUT2D eigenvalue weighted by atomic mass is 10.1. The van der Waals surface area contributed by atoms with Gasteiger partial charge in [0.15, 0.2) is 11.5 Å². The van der Waals surface area contributed by atoms with Crippen molar-refractivity contribution in [2.75, 3.05) is 25.6 Å². The van der Waals surface area contributed by atoms with Crippen LogP contribution in [0.1, 0.15) is 30.1 Å². The quantitative estimate of drug-likeness (QED) is 0.760. The number of amides is 2. The lowest BCUT2D eigenvalue weighted by molar-refractivity contribution is 0.0737. The van der Waals surface area contributed by atoms with Crippen LogP contribution in [0.3, 0.4) is 0 Å². The van der Waals surface area contributed by atoms with Gasteiger partial charge < -0.3 is 19.5 Å². The van der Waals surface area contributed by atoms with E-state index in [1.807, 2.05) is 6.92 Å². The average Bonchev–Trinajstić information content (AvgIpc) is 3.00. The Bertz CT molecular complexity index is 729. The third-order valence-corrected chi connectivity index (χ3v) is 4.21. The van der Waals surface area contributed by atoms with Gasteiger partial charge in [0.25, 0.3) is 5.91 Å². The van der Waals surface area contributed by atoms with E-state index in [0.717, 1.165) is 18.4 Å². The van der Waals surface area contributed by atoms with Crippen molar-refractivity contribution in [2.24, 2.45) is 0 Å². The summed E-state index contributed by atoms with van der Waals surface area (Å²) in [5, 5.41) is 12.5. The van der Waals surface area contributed by atoms with E-state index in [9.17, 15) is 14.7 Å². The number of carbonyl (C=O) groups is 2. The molecule has 7 nitrogen and oxygen atoms in total. The summed E-state index contributed by atoms with van der Waals surface area (Å²) >= 11 is 0. The number of hydrogen-bond acceptors (Lipinski definition) is 5. The Morgan fingerprint density at radius 3 is 2.81 bits per heavy atom. The topological polar surface area (TPSA) is 88.1 Å². The molecule has 7 heteroatoms. The number of methoxy groups -OCH3 is 1. The standard InChI is InChI=1S/C19H24N2O5/c1-5-7-26-19(24)20-15-10-16(22)17(25-4)9-14(15)18(23)21-11-12(3)8-13(21)6-2/h5,9-10,13,22H,1,3,6-8,11H2,2,4H3,(H,20,24). The summed E-state index contributed by atoms with van der Waals surface area (Å²) in [6.45, 7) is 9.94. The highest BCUT2D eigenvalue weighted by Crippen LogP contribution is 2.35. The lowest BCUT2D eigenvalue weighted by Gasteiger charge is -2.25. The number of benzene rings is 1. The molecule has 0 aliphatic carbocycles. The molecule has 1 saturated heterocycles. The van der Waals surface area contributed by atoms with Gasteiger partial charge in [-0.3, -0.25) is 10.1 Å². The van der Waals surface area contributed by atoms with Gasteiger partial charge in [0, 0.05) is 18.7 Å². The summed E-state index contributed by atoms with van der Waals surface area (Å²) in [5.41, 5.74) is 1.34. The first kappa shape index (κ1) is 19.4. The summed E-state index contributed by atoms with van der Waals surface area (Å²) in [4.78, 5) is 26.7. The lowest BCUT2D eigenvalue weighted by Crippen LogP contribution is -2.35. The van der Waals surface area contributed by atoms with Crippen LogP contribution in [0.2, 0.25) is 0 Å². The van der Waals surface area contributed by atoms with E-state index in [1.165, 1.54) is 25.3 Å². The Hall–Kier alpha value is -2.96. The number of hydrogen-bond donors (Lipinski definition) is 2. The third-order valence-electron chi connectivity index (χ3n) is 4.21. The van der Waals surface area contributed by atoms with Crippen LogP contribution in [-0.4, -0.2) is 48.3 Å². The highest BCUT2D eigenvalue weighted by atomic mass is 16.5. The number of carbonyl (C=O) groups excluding carboxylic acids is 2. The molecule has 1 fully saturated rings. The number of rotatable bonds is 6. The van der Waals surface area contributed by atoms with E-state index in [2.05, 4.69) is 18.5 Å². The van der Waals surface area contributed by atoms with Crippen LogP contribution in [0.15, 0.2) is 36.9 Å². The molecule has 1 heterocycles. The Balaban J connectivity index is 2.37. The van der Waals surface area contributed by atoms with E-state index in [4.69, 9.17) is 9.47 Å². The van der Waals surface area contributed by atoms with Gasteiger partial charge >= 0.3 is 6.09 Å². The molecule has 1 aromatic rings. The highest BCUT2D eigenvalue weighted by Gasteiger charge is 2.32. The number of ether oxygens (including phenoxy) is 2. The predicted molar refractivity (Wildman–Crippen MR) is 98.7 cm³/mol. The summed E-state index contributed by atoms with van der Waals surface area (Å²) in [5.74, 6) is -0.321. The van der Waals surface area contributed by atoms with Crippen LogP contribution in [0.25, 0.3) is 0 Å². The number of phenolic OH excluding ortho intramolecular Hbond substituents is 1. The van der Waals surface area contributed by atoms with Gasteiger partial charge in [-0.05, 0) is 18.9 Å². The highest BCUT2D eigenvalue weighted by molar-refractivity contribution is 6.04. The van der Waals surface area contributed by atoms with Crippen molar-refractivity contribution in [3.05, 3.63) is 42.5 Å². The Morgan fingerprint density at radius 1 is 1.46 bits per heavy atom. The molecule has 1 aliphatic rings. The van der Waals surface area contributed by atoms with Crippen LogP contribution in [0, 0.1) is 0 Å². The van der Waals surface area contributed by atoms with Crippen LogP contribution in [0.4, 0.5) is 10.5 Å². The Kier molecular flexibility index (Phi) is 6.27. The number of nitrogens with zero attached hydrogens (tertiary/aromatic N) is 1. The second kappa shape index (κ2) is 8.42. The smallest absolute Gasteiger partial charge is 0.411 e. The first-order valence-corrected chi connectivity index (χ1v) is 8.34. The van der Waals surface area contributed by atoms with Gasteiger partial charge in [0.1, 0.15) is 6.61 Å². The van der Waals surface area contributed by atoms with Gasteiger partial charge in [-0.1, -0.05) is 31.7 Å². The number of phenols is 1. The largest absolute Gasteiger partial charge is 0.504 e. The van der Waals surface area contributed by atoms with Gasteiger partial charge in [-0.25, -0.2) is 4.79 Å². The number of anilines is 1. The van der Waals surface area contributed by atoms with Crippen molar-refractivity contribution in [2.45, 2.75) is 25.8 Å². The molecule has 1 atom stereocenters. The van der Waals surface area contributed by atoms with E-state index in [0.29, 0.717) is 6.54 Å². The Morgan fingerprint density at radius 2 is 2.19 bits per heavy atom. The van der Waals surface area contributed by atoms with Crippen LogP contribution >= 0.6 is 0 Å². The molecule has 0 aromatic heterocycles. The maximum absolute atomic E-state index is 13.1. The maximum Gasteiger partial charge on any atom is 0.411 e. The van der Waals surface area contributed by atoms with Gasteiger partial charge in [-0.15, -0.1) is 0 Å². The summed E-state index contributed by atoms with van der Waals surface area (Å²) in [6.07, 6.45) is 2.23. The van der Waals surface area contributed by atoms with Crippen molar-refractivity contribution < 1.29 is 24.2 Å². The van der Waals surface area contributed by atoms with Crippen LogP contribution in [-0.2, 0) is 4.74 Å². The molecule has 2 N–H and O–H groups in total. The molecule has 1 aromatic carbocycles. The predicted octanol–water partition coefficient (Wildman–Crippen LogP) is 3.32. The molecule has 1 unspecified atom stereocenters. The summed E-state index contributed by atoms with van der Waals surface area (Å²) in [6, 6.07) is 2.73. The molecule has 0 bridgehead atoms.